The Balaban J connectivity index is 0.000000832. The fourth-order valence-corrected chi connectivity index (χ4v) is 5.24. The number of aldehydes is 1. The Bertz CT molecular complexity index is 1750. The molecule has 0 aliphatic heterocycles. The van der Waals surface area contributed by atoms with Gasteiger partial charge in [0.25, 0.3) is 0 Å². The highest BCUT2D eigenvalue weighted by atomic mass is 79.9. The van der Waals surface area contributed by atoms with E-state index >= 15 is 0 Å². The zero-order valence-corrected chi connectivity index (χ0v) is 31.5. The van der Waals surface area contributed by atoms with E-state index in [2.05, 4.69) is 61.6 Å². The standard InChI is InChI=1S/C34H39N5O6.C7H7Br/c1-24-12-15-27(16-13-24)37-30(41)18-19-31(42)38-28(17-14-25-8-4-2-5-9-25)33(44)36-23-32(43)39-29(34(45)35-20-21-40)22-26-10-6-3-7-11-26;1-6-2-4-7(8)5-3-6/h2-13,15-16,21,28-29H,14,17-20,22-23H2,1H3,(H,35,45)(H,36,44)(H,37,41)(H,38,42)(H,39,43);2-5H,1H3/t28-,29-;/m1./s1. The van der Waals surface area contributed by atoms with Gasteiger partial charge < -0.3 is 31.4 Å². The van der Waals surface area contributed by atoms with Crippen LogP contribution in [0.5, 0.6) is 0 Å². The van der Waals surface area contributed by atoms with E-state index in [1.54, 1.807) is 36.4 Å². The predicted octanol–water partition coefficient (Wildman–Crippen LogP) is 4.75. The third-order valence-corrected chi connectivity index (χ3v) is 8.39. The molecule has 4 aromatic carbocycles. The maximum absolute atomic E-state index is 13.2. The summed E-state index contributed by atoms with van der Waals surface area (Å²) in [6.45, 7) is 3.37. The molecule has 0 bridgehead atoms. The number of benzene rings is 4. The molecule has 278 valence electrons. The molecule has 53 heavy (non-hydrogen) atoms. The number of anilines is 1. The fourth-order valence-electron chi connectivity index (χ4n) is 4.97. The van der Waals surface area contributed by atoms with Crippen LogP contribution in [0.2, 0.25) is 0 Å². The van der Waals surface area contributed by atoms with Crippen molar-refractivity contribution < 1.29 is 28.8 Å². The molecule has 4 rings (SSSR count). The van der Waals surface area contributed by atoms with Gasteiger partial charge in [-0.15, -0.1) is 0 Å². The lowest BCUT2D eigenvalue weighted by molar-refractivity contribution is -0.132. The van der Waals surface area contributed by atoms with Gasteiger partial charge in [0, 0.05) is 29.4 Å². The van der Waals surface area contributed by atoms with E-state index in [4.69, 9.17) is 0 Å². The average molecular weight is 785 g/mol. The number of rotatable bonds is 17. The summed E-state index contributed by atoms with van der Waals surface area (Å²) in [5.41, 5.74) is 4.73. The quantitative estimate of drug-likeness (QED) is 0.0972. The SMILES string of the molecule is Cc1ccc(Br)cc1.Cc1ccc(NC(=O)CCC(=O)N[C@H](CCc2ccccc2)C(=O)NCC(=O)N[C@H](Cc2ccccc2)C(=O)NCC=O)cc1. The molecule has 5 N–H and O–H groups in total. The highest BCUT2D eigenvalue weighted by Gasteiger charge is 2.24. The van der Waals surface area contributed by atoms with Crippen molar-refractivity contribution in [2.75, 3.05) is 18.4 Å². The molecule has 2 atom stereocenters. The van der Waals surface area contributed by atoms with E-state index in [-0.39, 0.29) is 38.1 Å². The lowest BCUT2D eigenvalue weighted by Crippen LogP contribution is -2.53. The van der Waals surface area contributed by atoms with Crippen molar-refractivity contribution in [3.63, 3.8) is 0 Å². The summed E-state index contributed by atoms with van der Waals surface area (Å²) in [5, 5.41) is 13.0. The molecule has 0 fully saturated rings. The smallest absolute Gasteiger partial charge is 0.243 e. The van der Waals surface area contributed by atoms with Gasteiger partial charge in [0.1, 0.15) is 18.4 Å². The number of carbonyl (C=O) groups is 6. The van der Waals surface area contributed by atoms with Gasteiger partial charge in [-0.1, -0.05) is 112 Å². The van der Waals surface area contributed by atoms with Crippen molar-refractivity contribution in [2.45, 2.75) is 58.0 Å². The van der Waals surface area contributed by atoms with E-state index in [1.165, 1.54) is 5.56 Å². The summed E-state index contributed by atoms with van der Waals surface area (Å²) in [4.78, 5) is 74.4. The topological polar surface area (TPSA) is 163 Å². The molecule has 4 aromatic rings. The molecule has 0 saturated carbocycles. The van der Waals surface area contributed by atoms with E-state index in [0.29, 0.717) is 18.4 Å². The van der Waals surface area contributed by atoms with Crippen LogP contribution in [0, 0.1) is 13.8 Å². The van der Waals surface area contributed by atoms with E-state index in [9.17, 15) is 28.8 Å². The molecule has 0 radical (unpaired) electrons. The van der Waals surface area contributed by atoms with Crippen LogP contribution in [0.25, 0.3) is 0 Å². The van der Waals surface area contributed by atoms with E-state index < -0.39 is 42.3 Å². The Labute approximate surface area is 318 Å². The summed E-state index contributed by atoms with van der Waals surface area (Å²) < 4.78 is 1.14. The zero-order chi connectivity index (χ0) is 38.4. The summed E-state index contributed by atoms with van der Waals surface area (Å²) in [5.74, 6) is -2.56. The molecule has 0 aromatic heterocycles. The van der Waals surface area contributed by atoms with Gasteiger partial charge >= 0.3 is 0 Å². The van der Waals surface area contributed by atoms with Crippen molar-refractivity contribution in [3.8, 4) is 0 Å². The first-order valence-electron chi connectivity index (χ1n) is 17.3. The number of amides is 5. The minimum atomic E-state index is -0.976. The monoisotopic (exact) mass is 783 g/mol. The molecule has 0 unspecified atom stereocenters. The fraction of sp³-hybridized carbons (Fsp3) is 0.268. The summed E-state index contributed by atoms with van der Waals surface area (Å²) in [6.07, 6.45) is 1.24. The molecule has 0 aliphatic carbocycles. The van der Waals surface area contributed by atoms with Gasteiger partial charge in [-0.3, -0.25) is 24.0 Å². The van der Waals surface area contributed by atoms with Crippen LogP contribution in [0.3, 0.4) is 0 Å². The Morgan fingerprint density at radius 1 is 0.623 bits per heavy atom. The molecule has 0 aliphatic rings. The number of nitrogens with one attached hydrogen (secondary N) is 5. The first-order valence-corrected chi connectivity index (χ1v) is 18.1. The zero-order valence-electron chi connectivity index (χ0n) is 29.9. The van der Waals surface area contributed by atoms with Crippen molar-refractivity contribution >= 4 is 57.4 Å². The number of hydrogen-bond acceptors (Lipinski definition) is 6. The number of carbonyl (C=O) groups excluding carboxylic acids is 6. The molecular formula is C41H46BrN5O6. The second-order valence-corrected chi connectivity index (χ2v) is 13.2. The molecular weight excluding hydrogens is 738 g/mol. The average Bonchev–Trinajstić information content (AvgIpc) is 3.16. The molecule has 5 amide bonds. The summed E-state index contributed by atoms with van der Waals surface area (Å²) >= 11 is 3.35. The maximum atomic E-state index is 13.2. The lowest BCUT2D eigenvalue weighted by atomic mass is 10.0. The molecule has 11 nitrogen and oxygen atoms in total. The van der Waals surface area contributed by atoms with Gasteiger partial charge in [0.2, 0.25) is 29.5 Å². The normalized spacial score (nSPS) is 11.4. The van der Waals surface area contributed by atoms with Crippen LogP contribution in [0.4, 0.5) is 5.69 Å². The van der Waals surface area contributed by atoms with Crippen molar-refractivity contribution in [1.29, 1.82) is 0 Å². The van der Waals surface area contributed by atoms with Gasteiger partial charge in [0.15, 0.2) is 0 Å². The van der Waals surface area contributed by atoms with Crippen LogP contribution in [0.15, 0.2) is 114 Å². The predicted molar refractivity (Wildman–Crippen MR) is 209 cm³/mol. The van der Waals surface area contributed by atoms with Crippen LogP contribution in [-0.2, 0) is 41.6 Å². The Kier molecular flexibility index (Phi) is 18.2. The van der Waals surface area contributed by atoms with Gasteiger partial charge in [-0.05, 0) is 62.1 Å². The Morgan fingerprint density at radius 3 is 1.74 bits per heavy atom. The van der Waals surface area contributed by atoms with Crippen LogP contribution >= 0.6 is 15.9 Å². The van der Waals surface area contributed by atoms with Crippen LogP contribution < -0.4 is 26.6 Å². The van der Waals surface area contributed by atoms with E-state index in [0.717, 1.165) is 21.2 Å². The van der Waals surface area contributed by atoms with Crippen molar-refractivity contribution in [1.82, 2.24) is 21.3 Å². The number of halogens is 1. The summed E-state index contributed by atoms with van der Waals surface area (Å²) in [7, 11) is 0. The van der Waals surface area contributed by atoms with Gasteiger partial charge in [-0.25, -0.2) is 0 Å². The third-order valence-electron chi connectivity index (χ3n) is 7.86. The highest BCUT2D eigenvalue weighted by molar-refractivity contribution is 9.10. The van der Waals surface area contributed by atoms with Crippen molar-refractivity contribution in [3.05, 3.63) is 136 Å². The van der Waals surface area contributed by atoms with E-state index in [1.807, 2.05) is 67.6 Å². The summed E-state index contributed by atoms with van der Waals surface area (Å²) in [6, 6.07) is 32.0. The number of hydrogen-bond donors (Lipinski definition) is 5. The molecule has 0 heterocycles. The first-order chi connectivity index (χ1) is 25.5. The molecule has 0 saturated heterocycles. The third kappa shape index (κ3) is 17.0. The number of aryl methyl sites for hydroxylation is 3. The second kappa shape index (κ2) is 23.0. The van der Waals surface area contributed by atoms with Gasteiger partial charge in [-0.2, -0.15) is 0 Å². The second-order valence-electron chi connectivity index (χ2n) is 12.3. The van der Waals surface area contributed by atoms with Crippen LogP contribution in [0.1, 0.15) is 41.5 Å². The van der Waals surface area contributed by atoms with Crippen molar-refractivity contribution in [2.24, 2.45) is 0 Å². The maximum Gasteiger partial charge on any atom is 0.243 e. The minimum absolute atomic E-state index is 0.0793. The Hall–Kier alpha value is -5.62. The Morgan fingerprint density at radius 2 is 1.15 bits per heavy atom. The molecule has 0 spiro atoms. The first kappa shape index (κ1) is 41.8. The lowest BCUT2D eigenvalue weighted by Gasteiger charge is -2.20. The molecule has 12 heteroatoms. The minimum Gasteiger partial charge on any atom is -0.348 e. The van der Waals surface area contributed by atoms with Gasteiger partial charge in [0.05, 0.1) is 13.1 Å². The van der Waals surface area contributed by atoms with Crippen LogP contribution in [-0.4, -0.2) is 61.0 Å². The largest absolute Gasteiger partial charge is 0.348 e. The highest BCUT2D eigenvalue weighted by Crippen LogP contribution is 2.11.